The molecular weight excluding hydrogens is 212 g/mol. The van der Waals surface area contributed by atoms with Crippen LogP contribution in [0.3, 0.4) is 0 Å². The van der Waals surface area contributed by atoms with Crippen molar-refractivity contribution >= 4 is 10.9 Å². The van der Waals surface area contributed by atoms with Crippen LogP contribution >= 0.6 is 0 Å². The fraction of sp³-hybridized carbons (Fsp3) is 0.333. The van der Waals surface area contributed by atoms with E-state index < -0.39 is 0 Å². The molecule has 0 amide bonds. The van der Waals surface area contributed by atoms with Gasteiger partial charge in [-0.1, -0.05) is 36.9 Å². The van der Waals surface area contributed by atoms with Gasteiger partial charge in [-0.05, 0) is 22.5 Å². The predicted octanol–water partition coefficient (Wildman–Crippen LogP) is -0.334. The van der Waals surface area contributed by atoms with Crippen molar-refractivity contribution in [1.29, 1.82) is 0 Å². The van der Waals surface area contributed by atoms with Gasteiger partial charge in [0.2, 0.25) is 0 Å². The summed E-state index contributed by atoms with van der Waals surface area (Å²) < 4.78 is 0. The lowest BCUT2D eigenvalue weighted by Gasteiger charge is -2.08. The van der Waals surface area contributed by atoms with E-state index in [0.717, 1.165) is 6.42 Å². The van der Waals surface area contributed by atoms with Gasteiger partial charge in [-0.25, -0.2) is 0 Å². The Kier molecular flexibility index (Phi) is 6.77. The second-order valence-electron chi connectivity index (χ2n) is 3.34. The van der Waals surface area contributed by atoms with E-state index >= 15 is 0 Å². The zero-order valence-corrected chi connectivity index (χ0v) is 10.3. The summed E-state index contributed by atoms with van der Waals surface area (Å²) in [6, 6.07) is 10.6. The fourth-order valence-electron chi connectivity index (χ4n) is 1.29. The van der Waals surface area contributed by atoms with Crippen LogP contribution in [0.2, 0.25) is 0 Å². The third-order valence-electron chi connectivity index (χ3n) is 2.15. The molecule has 78 valence electrons. The average molecular weight is 229 g/mol. The normalized spacial score (nSPS) is 11.9. The van der Waals surface area contributed by atoms with E-state index in [4.69, 9.17) is 0 Å². The molecule has 0 saturated carbocycles. The van der Waals surface area contributed by atoms with Gasteiger partial charge in [-0.15, -0.1) is 0 Å². The van der Waals surface area contributed by atoms with Crippen LogP contribution in [0, 0.1) is 0 Å². The SMILES string of the molecule is C=CC(Cc1ccccc1)[S+](C)C.[Cl-]. The molecule has 0 N–H and O–H groups in total. The highest BCUT2D eigenvalue weighted by Gasteiger charge is 2.17. The minimum Gasteiger partial charge on any atom is -1.00 e. The summed E-state index contributed by atoms with van der Waals surface area (Å²) in [7, 11) is 0.428. The highest BCUT2D eigenvalue weighted by molar-refractivity contribution is 7.96. The molecule has 0 aliphatic heterocycles. The Bertz CT molecular complexity index is 256. The van der Waals surface area contributed by atoms with Crippen LogP contribution in [0.4, 0.5) is 0 Å². The first-order chi connectivity index (χ1) is 6.24. The van der Waals surface area contributed by atoms with Crippen LogP contribution in [-0.2, 0) is 17.3 Å². The molecule has 0 aliphatic rings. The van der Waals surface area contributed by atoms with Crippen molar-refractivity contribution in [1.82, 2.24) is 0 Å². The molecule has 0 saturated heterocycles. The molecule has 0 fully saturated rings. The van der Waals surface area contributed by atoms with E-state index in [0.29, 0.717) is 16.1 Å². The minimum absolute atomic E-state index is 0. The molecule has 0 heterocycles. The van der Waals surface area contributed by atoms with Gasteiger partial charge < -0.3 is 12.4 Å². The van der Waals surface area contributed by atoms with Gasteiger partial charge in [-0.3, -0.25) is 0 Å². The third kappa shape index (κ3) is 4.21. The van der Waals surface area contributed by atoms with E-state index in [1.54, 1.807) is 0 Å². The summed E-state index contributed by atoms with van der Waals surface area (Å²) in [5.41, 5.74) is 1.41. The lowest BCUT2D eigenvalue weighted by Crippen LogP contribution is -3.00. The molecule has 1 aromatic rings. The second-order valence-corrected chi connectivity index (χ2v) is 5.71. The summed E-state index contributed by atoms with van der Waals surface area (Å²) in [4.78, 5) is 0. The summed E-state index contributed by atoms with van der Waals surface area (Å²) >= 11 is 0. The topological polar surface area (TPSA) is 0 Å². The Morgan fingerprint density at radius 3 is 2.29 bits per heavy atom. The molecule has 0 bridgehead atoms. The first kappa shape index (κ1) is 13.6. The maximum absolute atomic E-state index is 3.89. The lowest BCUT2D eigenvalue weighted by atomic mass is 10.1. The molecule has 0 spiro atoms. The molecule has 14 heavy (non-hydrogen) atoms. The van der Waals surface area contributed by atoms with Gasteiger partial charge in [0, 0.05) is 6.42 Å². The standard InChI is InChI=1S/C12H17S.ClH/c1-4-12(13(2)3)10-11-8-6-5-7-9-11;/h4-9,12H,1,10H2,2-3H3;1H/q+1;/p-1. The average Bonchev–Trinajstić information content (AvgIpc) is 2.15. The Morgan fingerprint density at radius 1 is 1.29 bits per heavy atom. The van der Waals surface area contributed by atoms with Crippen molar-refractivity contribution < 1.29 is 12.4 Å². The van der Waals surface area contributed by atoms with Crippen molar-refractivity contribution in [3.05, 3.63) is 48.6 Å². The van der Waals surface area contributed by atoms with E-state index in [-0.39, 0.29) is 12.4 Å². The van der Waals surface area contributed by atoms with Crippen molar-refractivity contribution in [2.75, 3.05) is 12.5 Å². The third-order valence-corrected chi connectivity index (χ3v) is 3.72. The molecular formula is C12H17ClS. The van der Waals surface area contributed by atoms with Crippen molar-refractivity contribution in [2.45, 2.75) is 11.7 Å². The van der Waals surface area contributed by atoms with Crippen LogP contribution < -0.4 is 12.4 Å². The van der Waals surface area contributed by atoms with Crippen molar-refractivity contribution in [3.63, 3.8) is 0 Å². The summed E-state index contributed by atoms with van der Waals surface area (Å²) in [5, 5.41) is 0.627. The molecule has 0 nitrogen and oxygen atoms in total. The molecule has 1 atom stereocenters. The van der Waals surface area contributed by atoms with Gasteiger partial charge >= 0.3 is 0 Å². The largest absolute Gasteiger partial charge is 1.00 e. The smallest absolute Gasteiger partial charge is 0.139 e. The number of hydrogen-bond donors (Lipinski definition) is 0. The fourth-order valence-corrected chi connectivity index (χ4v) is 2.20. The van der Waals surface area contributed by atoms with E-state index in [1.807, 2.05) is 0 Å². The number of rotatable bonds is 4. The summed E-state index contributed by atoms with van der Waals surface area (Å²) in [6.07, 6.45) is 7.75. The maximum atomic E-state index is 3.89. The molecule has 0 aliphatic carbocycles. The second kappa shape index (κ2) is 6.97. The zero-order chi connectivity index (χ0) is 9.68. The van der Waals surface area contributed by atoms with Gasteiger partial charge in [0.05, 0.1) is 12.5 Å². The summed E-state index contributed by atoms with van der Waals surface area (Å²) in [5.74, 6) is 0. The Labute approximate surface area is 96.2 Å². The van der Waals surface area contributed by atoms with Gasteiger partial charge in [-0.2, -0.15) is 0 Å². The quantitative estimate of drug-likeness (QED) is 0.489. The predicted molar refractivity (Wildman–Crippen MR) is 63.3 cm³/mol. The molecule has 1 aromatic carbocycles. The molecule has 1 unspecified atom stereocenters. The van der Waals surface area contributed by atoms with E-state index in [9.17, 15) is 0 Å². The Balaban J connectivity index is 0.00000169. The maximum Gasteiger partial charge on any atom is 0.139 e. The van der Waals surface area contributed by atoms with Crippen LogP contribution in [0.5, 0.6) is 0 Å². The molecule has 0 radical (unpaired) electrons. The molecule has 2 heteroatoms. The van der Waals surface area contributed by atoms with Crippen LogP contribution in [0.1, 0.15) is 5.56 Å². The lowest BCUT2D eigenvalue weighted by molar-refractivity contribution is -0.00000277. The van der Waals surface area contributed by atoms with Crippen molar-refractivity contribution in [3.8, 4) is 0 Å². The highest BCUT2D eigenvalue weighted by atomic mass is 35.5. The van der Waals surface area contributed by atoms with Crippen LogP contribution in [-0.4, -0.2) is 17.8 Å². The summed E-state index contributed by atoms with van der Waals surface area (Å²) in [6.45, 7) is 3.89. The van der Waals surface area contributed by atoms with Crippen LogP contribution in [0.15, 0.2) is 43.0 Å². The Hall–Kier alpha value is -0.400. The molecule has 1 rings (SSSR count). The van der Waals surface area contributed by atoms with E-state index in [1.165, 1.54) is 5.56 Å². The number of hydrogen-bond acceptors (Lipinski definition) is 0. The monoisotopic (exact) mass is 228 g/mol. The van der Waals surface area contributed by atoms with Gasteiger partial charge in [0.1, 0.15) is 5.25 Å². The first-order valence-electron chi connectivity index (χ1n) is 4.47. The number of benzene rings is 1. The van der Waals surface area contributed by atoms with Gasteiger partial charge in [0.15, 0.2) is 0 Å². The zero-order valence-electron chi connectivity index (χ0n) is 8.74. The first-order valence-corrected chi connectivity index (χ1v) is 6.57. The Morgan fingerprint density at radius 2 is 1.86 bits per heavy atom. The molecule has 0 aromatic heterocycles. The van der Waals surface area contributed by atoms with Gasteiger partial charge in [0.25, 0.3) is 0 Å². The van der Waals surface area contributed by atoms with Crippen LogP contribution in [0.25, 0.3) is 0 Å². The highest BCUT2D eigenvalue weighted by Crippen LogP contribution is 2.10. The van der Waals surface area contributed by atoms with E-state index in [2.05, 4.69) is 55.5 Å². The van der Waals surface area contributed by atoms with Crippen molar-refractivity contribution in [2.24, 2.45) is 0 Å². The minimum atomic E-state index is 0. The number of halogens is 1.